The third-order valence-corrected chi connectivity index (χ3v) is 9.35. The molecule has 240 valence electrons. The fraction of sp³-hybridized carbons (Fsp3) is 0.269. The number of nitrogens with one attached hydrogen (secondary N) is 1. The molecule has 0 saturated heterocycles. The second-order valence-corrected chi connectivity index (χ2v) is 15.2. The second kappa shape index (κ2) is 15.9. The lowest BCUT2D eigenvalue weighted by molar-refractivity contribution is -0.768. The lowest BCUT2D eigenvalue weighted by atomic mass is 10.1. The van der Waals surface area contributed by atoms with Gasteiger partial charge in [-0.15, -0.1) is 10.1 Å². The Hall–Kier alpha value is -4.62. The molecule has 0 radical (unpaired) electrons. The Morgan fingerprint density at radius 2 is 1.73 bits per heavy atom. The van der Waals surface area contributed by atoms with Gasteiger partial charge in [0.05, 0.1) is 22.7 Å². The van der Waals surface area contributed by atoms with Crippen LogP contribution in [0.1, 0.15) is 30.1 Å². The maximum absolute atomic E-state index is 12.9. The summed E-state index contributed by atoms with van der Waals surface area (Å²) in [4.78, 5) is 44.3. The van der Waals surface area contributed by atoms with Gasteiger partial charge in [-0.3, -0.25) is 9.52 Å². The highest BCUT2D eigenvalue weighted by Crippen LogP contribution is 2.28. The zero-order valence-corrected chi connectivity index (χ0v) is 26.2. The summed E-state index contributed by atoms with van der Waals surface area (Å²) in [6.45, 7) is 1.29. The summed E-state index contributed by atoms with van der Waals surface area (Å²) < 4.78 is 60.6. The van der Waals surface area contributed by atoms with E-state index in [1.54, 1.807) is 19.1 Å². The molecule has 0 aliphatic rings. The molecule has 1 atom stereocenters. The van der Waals surface area contributed by atoms with Crippen molar-refractivity contribution in [1.29, 1.82) is 0 Å². The van der Waals surface area contributed by atoms with Crippen molar-refractivity contribution >= 4 is 58.8 Å². The van der Waals surface area contributed by atoms with Crippen LogP contribution in [0.3, 0.4) is 0 Å². The number of sulfonamides is 1. The highest BCUT2D eigenvalue weighted by molar-refractivity contribution is 8.71. The normalized spacial score (nSPS) is 12.3. The van der Waals surface area contributed by atoms with Gasteiger partial charge < -0.3 is 14.3 Å². The van der Waals surface area contributed by atoms with Crippen molar-refractivity contribution in [2.24, 2.45) is 10.2 Å². The number of anilines is 1. The van der Waals surface area contributed by atoms with Crippen LogP contribution in [-0.2, 0) is 33.3 Å². The van der Waals surface area contributed by atoms with Crippen LogP contribution < -0.4 is 9.46 Å². The maximum Gasteiger partial charge on any atom is 0.342 e. The first kappa shape index (κ1) is 34.9. The van der Waals surface area contributed by atoms with E-state index in [4.69, 9.17) is 9.47 Å². The number of carbonyl (C=O) groups is 2. The van der Waals surface area contributed by atoms with E-state index in [9.17, 15) is 36.5 Å². The minimum atomic E-state index is -3.91. The first-order valence-corrected chi connectivity index (χ1v) is 17.8. The fourth-order valence-electron chi connectivity index (χ4n) is 3.38. The summed E-state index contributed by atoms with van der Waals surface area (Å²) in [5, 5.41) is 17.7. The van der Waals surface area contributed by atoms with E-state index in [0.29, 0.717) is 10.8 Å². The molecule has 0 fully saturated rings. The molecule has 0 saturated carbocycles. The van der Waals surface area contributed by atoms with Gasteiger partial charge in [0.1, 0.15) is 29.8 Å². The average Bonchev–Trinajstić information content (AvgIpc) is 2.98. The average molecular weight is 682 g/mol. The Morgan fingerprint density at radius 3 is 2.36 bits per heavy atom. The van der Waals surface area contributed by atoms with Crippen LogP contribution in [0, 0.1) is 10.1 Å². The molecular weight excluding hydrogens is 655 g/mol. The summed E-state index contributed by atoms with van der Waals surface area (Å²) in [5.74, 6) is -2.04. The number of pyridine rings is 1. The Bertz CT molecular complexity index is 1750. The van der Waals surface area contributed by atoms with Crippen LogP contribution in [-0.4, -0.2) is 63.6 Å². The Labute approximate surface area is 261 Å². The van der Waals surface area contributed by atoms with Gasteiger partial charge >= 0.3 is 11.9 Å². The van der Waals surface area contributed by atoms with Crippen molar-refractivity contribution in [1.82, 2.24) is 4.98 Å². The van der Waals surface area contributed by atoms with Gasteiger partial charge in [0.15, 0.2) is 8.87 Å². The van der Waals surface area contributed by atoms with Gasteiger partial charge in [0.2, 0.25) is 0 Å². The minimum absolute atomic E-state index is 0.0498. The van der Waals surface area contributed by atoms with E-state index in [-0.39, 0.29) is 52.2 Å². The number of azo groups is 1. The smallest absolute Gasteiger partial charge is 0.342 e. The third-order valence-electron chi connectivity index (χ3n) is 5.44. The number of carbonyl (C=O) groups excluding carboxylic acids is 2. The molecule has 3 rings (SSSR count). The quantitative estimate of drug-likeness (QED) is 0.0421. The van der Waals surface area contributed by atoms with E-state index in [0.717, 1.165) is 6.26 Å². The molecule has 1 N–H and O–H groups in total. The standard InChI is InChI=1S/C26H27N5O11S3/c1-3-20(42-31(34)35)17-25(32)41-23-12-9-19(16-22(23)26(33)40-14-15-43-44(2,36)37)29-28-18-7-10-21(11-8-18)45(38,39)30-24-6-4-5-13-27-24/h4-13,16,20H,3,14-15,17H2,1-2H3,(H,27,30)/b29-28+. The fourth-order valence-corrected chi connectivity index (χ4v) is 5.96. The molecule has 0 amide bonds. The number of aromatic nitrogens is 1. The molecule has 1 unspecified atom stereocenters. The number of esters is 2. The molecule has 1 heterocycles. The van der Waals surface area contributed by atoms with Crippen molar-refractivity contribution in [2.45, 2.75) is 30.8 Å². The van der Waals surface area contributed by atoms with Gasteiger partial charge in [-0.25, -0.2) is 26.6 Å². The summed E-state index contributed by atoms with van der Waals surface area (Å²) in [6.07, 6.45) is 1.02. The number of rotatable bonds is 16. The second-order valence-electron chi connectivity index (χ2n) is 8.89. The number of nitrogens with zero attached hydrogens (tertiary/aromatic N) is 4. The van der Waals surface area contributed by atoms with Gasteiger partial charge in [-0.2, -0.15) is 10.2 Å². The van der Waals surface area contributed by atoms with Crippen LogP contribution in [0.2, 0.25) is 0 Å². The molecule has 3 aromatic rings. The number of benzene rings is 2. The number of ether oxygens (including phenoxy) is 2. The van der Waals surface area contributed by atoms with Crippen LogP contribution in [0.15, 0.2) is 82.0 Å². The first-order chi connectivity index (χ1) is 21.3. The summed E-state index contributed by atoms with van der Waals surface area (Å²) in [5.41, 5.74) is 0.124. The summed E-state index contributed by atoms with van der Waals surface area (Å²) in [6, 6.07) is 14.0. The lowest BCUT2D eigenvalue weighted by Crippen LogP contribution is -2.23. The highest BCUT2D eigenvalue weighted by atomic mass is 33.1. The van der Waals surface area contributed by atoms with Gasteiger partial charge in [0.25, 0.3) is 15.1 Å². The van der Waals surface area contributed by atoms with E-state index < -0.39 is 48.4 Å². The molecule has 0 aliphatic carbocycles. The van der Waals surface area contributed by atoms with Crippen LogP contribution >= 0.6 is 10.8 Å². The molecule has 0 aliphatic heterocycles. The Balaban J connectivity index is 1.78. The first-order valence-electron chi connectivity index (χ1n) is 12.9. The van der Waals surface area contributed by atoms with Gasteiger partial charge in [-0.1, -0.05) is 13.0 Å². The summed E-state index contributed by atoms with van der Waals surface area (Å²) >= 11 is 0. The maximum atomic E-state index is 12.9. The van der Waals surface area contributed by atoms with Crippen molar-refractivity contribution in [2.75, 3.05) is 23.3 Å². The molecule has 1 aromatic heterocycles. The van der Waals surface area contributed by atoms with E-state index in [1.807, 2.05) is 0 Å². The monoisotopic (exact) mass is 681 g/mol. The van der Waals surface area contributed by atoms with Gasteiger partial charge in [0, 0.05) is 18.2 Å². The Kier molecular flexibility index (Phi) is 12.3. The predicted octanol–water partition coefficient (Wildman–Crippen LogP) is 4.43. The molecular formula is C26H27N5O11S3. The minimum Gasteiger partial charge on any atom is -0.461 e. The predicted molar refractivity (Wildman–Crippen MR) is 162 cm³/mol. The van der Waals surface area contributed by atoms with Gasteiger partial charge in [-0.05, 0) is 71.8 Å². The molecule has 45 heavy (non-hydrogen) atoms. The van der Waals surface area contributed by atoms with Crippen molar-refractivity contribution in [3.8, 4) is 5.75 Å². The van der Waals surface area contributed by atoms with E-state index in [2.05, 4.69) is 24.8 Å². The number of hydrogen-bond donors (Lipinski definition) is 1. The highest BCUT2D eigenvalue weighted by Gasteiger charge is 2.22. The Morgan fingerprint density at radius 1 is 1.04 bits per heavy atom. The van der Waals surface area contributed by atoms with Crippen molar-refractivity contribution in [3.63, 3.8) is 0 Å². The van der Waals surface area contributed by atoms with Crippen molar-refractivity contribution in [3.05, 3.63) is 82.5 Å². The van der Waals surface area contributed by atoms with E-state index >= 15 is 0 Å². The molecule has 2 aromatic carbocycles. The molecule has 0 spiro atoms. The molecule has 19 heteroatoms. The summed E-state index contributed by atoms with van der Waals surface area (Å²) in [7, 11) is -6.71. The van der Waals surface area contributed by atoms with E-state index in [1.165, 1.54) is 54.7 Å². The van der Waals surface area contributed by atoms with Crippen LogP contribution in [0.25, 0.3) is 0 Å². The zero-order valence-electron chi connectivity index (χ0n) is 23.8. The lowest BCUT2D eigenvalue weighted by Gasteiger charge is -2.14. The van der Waals surface area contributed by atoms with Crippen LogP contribution in [0.5, 0.6) is 5.75 Å². The topological polar surface area (TPSA) is 223 Å². The molecule has 16 nitrogen and oxygen atoms in total. The van der Waals surface area contributed by atoms with Crippen LogP contribution in [0.4, 0.5) is 17.2 Å². The third kappa shape index (κ3) is 11.8. The number of hydrogen-bond acceptors (Lipinski definition) is 15. The van der Waals surface area contributed by atoms with Crippen molar-refractivity contribution < 1.29 is 45.8 Å². The SMILES string of the molecule is CCC(CC(=O)Oc1ccc(/N=N/c2ccc(S(=O)(=O)Nc3ccccn3)cc2)cc1C(=O)OCCSS(C)(=O)=O)O[N+](=O)[O-]. The zero-order chi connectivity index (χ0) is 33.0. The largest absolute Gasteiger partial charge is 0.461 e. The molecule has 0 bridgehead atoms.